The largest absolute Gasteiger partial charge is 0.308 e. The number of aryl methyl sites for hydroxylation is 1. The number of anilines is 1. The second-order valence-corrected chi connectivity index (χ2v) is 5.18. The highest BCUT2D eigenvalue weighted by molar-refractivity contribution is 9.10. The molecule has 0 saturated carbocycles. The molecule has 0 aliphatic carbocycles. The van der Waals surface area contributed by atoms with Crippen LogP contribution >= 0.6 is 15.9 Å². The van der Waals surface area contributed by atoms with Crippen molar-refractivity contribution in [2.45, 2.75) is 26.2 Å². The number of halogens is 1. The van der Waals surface area contributed by atoms with Crippen LogP contribution in [0.25, 0.3) is 0 Å². The molecule has 0 aliphatic heterocycles. The Morgan fingerprint density at radius 2 is 2.05 bits per heavy atom. The van der Waals surface area contributed by atoms with Crippen LogP contribution in [0, 0.1) is 0 Å². The van der Waals surface area contributed by atoms with Gasteiger partial charge in [-0.15, -0.1) is 0 Å². The number of nitrogens with zero attached hydrogens (tertiary/aromatic N) is 2. The Balaban J connectivity index is 2.29. The number of hydrazine groups is 1. The molecule has 0 amide bonds. The van der Waals surface area contributed by atoms with Crippen molar-refractivity contribution in [1.29, 1.82) is 0 Å². The number of aromatic nitrogens is 2. The van der Waals surface area contributed by atoms with E-state index in [1.165, 1.54) is 5.56 Å². The Hall–Kier alpha value is -1.46. The van der Waals surface area contributed by atoms with Crippen molar-refractivity contribution >= 4 is 21.7 Å². The van der Waals surface area contributed by atoms with Gasteiger partial charge in [-0.2, -0.15) is 0 Å². The molecule has 1 aromatic carbocycles. The van der Waals surface area contributed by atoms with E-state index in [-0.39, 0.29) is 0 Å². The van der Waals surface area contributed by atoms with Crippen LogP contribution in [0.5, 0.6) is 0 Å². The number of rotatable bonds is 5. The summed E-state index contributed by atoms with van der Waals surface area (Å²) < 4.78 is 1.07. The standard InChI is InChI=1S/C14H17BrN4/c1-2-5-11-9-14(19-16)18-13(17-11)8-10-6-3-4-7-12(10)15/h3-4,6-7,9H,2,5,8,16H2,1H3,(H,17,18,19). The maximum atomic E-state index is 5.46. The van der Waals surface area contributed by atoms with E-state index in [1.807, 2.05) is 24.3 Å². The molecule has 1 aromatic heterocycles. The zero-order valence-electron chi connectivity index (χ0n) is 10.9. The normalized spacial score (nSPS) is 10.5. The molecule has 2 aromatic rings. The predicted molar refractivity (Wildman–Crippen MR) is 80.8 cm³/mol. The van der Waals surface area contributed by atoms with E-state index in [4.69, 9.17) is 5.84 Å². The summed E-state index contributed by atoms with van der Waals surface area (Å²) in [7, 11) is 0. The third-order valence-electron chi connectivity index (χ3n) is 2.79. The fourth-order valence-corrected chi connectivity index (χ4v) is 2.33. The first-order valence-corrected chi connectivity index (χ1v) is 7.09. The number of nitrogen functional groups attached to an aromatic ring is 1. The Labute approximate surface area is 121 Å². The van der Waals surface area contributed by atoms with Crippen molar-refractivity contribution < 1.29 is 0 Å². The maximum absolute atomic E-state index is 5.46. The molecule has 0 aliphatic rings. The van der Waals surface area contributed by atoms with Crippen LogP contribution in [-0.2, 0) is 12.8 Å². The highest BCUT2D eigenvalue weighted by Crippen LogP contribution is 2.19. The second kappa shape index (κ2) is 6.63. The van der Waals surface area contributed by atoms with Gasteiger partial charge >= 0.3 is 0 Å². The summed E-state index contributed by atoms with van der Waals surface area (Å²) in [6, 6.07) is 9.99. The van der Waals surface area contributed by atoms with Gasteiger partial charge in [-0.3, -0.25) is 0 Å². The summed E-state index contributed by atoms with van der Waals surface area (Å²) in [5.41, 5.74) is 4.79. The minimum Gasteiger partial charge on any atom is -0.308 e. The van der Waals surface area contributed by atoms with Gasteiger partial charge in [-0.25, -0.2) is 15.8 Å². The van der Waals surface area contributed by atoms with E-state index in [9.17, 15) is 0 Å². The molecule has 100 valence electrons. The number of hydrogen-bond donors (Lipinski definition) is 2. The smallest absolute Gasteiger partial charge is 0.143 e. The van der Waals surface area contributed by atoms with E-state index < -0.39 is 0 Å². The lowest BCUT2D eigenvalue weighted by Gasteiger charge is -2.08. The zero-order valence-corrected chi connectivity index (χ0v) is 12.4. The van der Waals surface area contributed by atoms with Crippen molar-refractivity contribution in [1.82, 2.24) is 9.97 Å². The lowest BCUT2D eigenvalue weighted by Crippen LogP contribution is -2.12. The first-order valence-electron chi connectivity index (χ1n) is 6.29. The van der Waals surface area contributed by atoms with Gasteiger partial charge in [-0.1, -0.05) is 47.5 Å². The molecular weight excluding hydrogens is 304 g/mol. The van der Waals surface area contributed by atoms with Crippen molar-refractivity contribution in [3.05, 3.63) is 51.9 Å². The summed E-state index contributed by atoms with van der Waals surface area (Å²) in [4.78, 5) is 8.98. The van der Waals surface area contributed by atoms with Gasteiger partial charge in [0.2, 0.25) is 0 Å². The Morgan fingerprint density at radius 3 is 2.74 bits per heavy atom. The van der Waals surface area contributed by atoms with Gasteiger partial charge in [-0.05, 0) is 18.1 Å². The molecular formula is C14H17BrN4. The Kier molecular flexibility index (Phi) is 4.87. The van der Waals surface area contributed by atoms with Crippen LogP contribution in [0.2, 0.25) is 0 Å². The summed E-state index contributed by atoms with van der Waals surface area (Å²) in [6.45, 7) is 2.13. The van der Waals surface area contributed by atoms with E-state index in [0.29, 0.717) is 12.2 Å². The number of nitrogens with one attached hydrogen (secondary N) is 1. The summed E-state index contributed by atoms with van der Waals surface area (Å²) in [5, 5.41) is 0. The van der Waals surface area contributed by atoms with Crippen molar-refractivity contribution in [3.8, 4) is 0 Å². The van der Waals surface area contributed by atoms with E-state index in [0.717, 1.165) is 28.8 Å². The number of hydrogen-bond acceptors (Lipinski definition) is 4. The summed E-state index contributed by atoms with van der Waals surface area (Å²) in [6.07, 6.45) is 2.67. The van der Waals surface area contributed by atoms with Crippen LogP contribution in [0.4, 0.5) is 5.82 Å². The molecule has 0 bridgehead atoms. The van der Waals surface area contributed by atoms with Gasteiger partial charge in [0.1, 0.15) is 11.6 Å². The molecule has 0 unspecified atom stereocenters. The summed E-state index contributed by atoms with van der Waals surface area (Å²) in [5.74, 6) is 6.91. The van der Waals surface area contributed by atoms with E-state index in [1.54, 1.807) is 0 Å². The fourth-order valence-electron chi connectivity index (χ4n) is 1.90. The molecule has 0 fully saturated rings. The average molecular weight is 321 g/mol. The molecule has 19 heavy (non-hydrogen) atoms. The number of nitrogens with two attached hydrogens (primary N) is 1. The fraction of sp³-hybridized carbons (Fsp3) is 0.286. The minimum absolute atomic E-state index is 0.667. The van der Waals surface area contributed by atoms with Crippen molar-refractivity contribution in [3.63, 3.8) is 0 Å². The topological polar surface area (TPSA) is 63.8 Å². The van der Waals surface area contributed by atoms with Crippen LogP contribution in [0.15, 0.2) is 34.8 Å². The first kappa shape index (κ1) is 14.0. The highest BCUT2D eigenvalue weighted by atomic mass is 79.9. The molecule has 2 rings (SSSR count). The second-order valence-electron chi connectivity index (χ2n) is 4.32. The van der Waals surface area contributed by atoms with Crippen molar-refractivity contribution in [2.24, 2.45) is 5.84 Å². The molecule has 4 nitrogen and oxygen atoms in total. The summed E-state index contributed by atoms with van der Waals surface area (Å²) >= 11 is 3.54. The molecule has 0 saturated heterocycles. The quantitative estimate of drug-likeness (QED) is 0.656. The lowest BCUT2D eigenvalue weighted by atomic mass is 10.1. The third kappa shape index (κ3) is 3.75. The number of benzene rings is 1. The first-order chi connectivity index (χ1) is 9.22. The molecule has 0 radical (unpaired) electrons. The molecule has 5 heteroatoms. The van der Waals surface area contributed by atoms with Crippen LogP contribution in [0.3, 0.4) is 0 Å². The van der Waals surface area contributed by atoms with Gasteiger partial charge in [0.05, 0.1) is 0 Å². The predicted octanol–water partition coefficient (Wildman–Crippen LogP) is 3.07. The van der Waals surface area contributed by atoms with Gasteiger partial charge in [0.15, 0.2) is 0 Å². The molecule has 0 atom stereocenters. The van der Waals surface area contributed by atoms with Crippen LogP contribution in [-0.4, -0.2) is 9.97 Å². The van der Waals surface area contributed by atoms with E-state index in [2.05, 4.69) is 44.3 Å². The Morgan fingerprint density at radius 1 is 1.26 bits per heavy atom. The molecule has 0 spiro atoms. The van der Waals surface area contributed by atoms with Crippen LogP contribution in [0.1, 0.15) is 30.4 Å². The van der Waals surface area contributed by atoms with Gasteiger partial charge in [0, 0.05) is 22.7 Å². The lowest BCUT2D eigenvalue weighted by molar-refractivity contribution is 0.841. The monoisotopic (exact) mass is 320 g/mol. The minimum atomic E-state index is 0.667. The zero-order chi connectivity index (χ0) is 13.7. The van der Waals surface area contributed by atoms with Crippen LogP contribution < -0.4 is 11.3 Å². The average Bonchev–Trinajstić information content (AvgIpc) is 2.41. The van der Waals surface area contributed by atoms with Gasteiger partial charge < -0.3 is 5.43 Å². The molecule has 1 heterocycles. The highest BCUT2D eigenvalue weighted by Gasteiger charge is 2.07. The maximum Gasteiger partial charge on any atom is 0.143 e. The Bertz CT molecular complexity index is 557. The molecule has 3 N–H and O–H groups in total. The SMILES string of the molecule is CCCc1cc(NN)nc(Cc2ccccc2Br)n1. The van der Waals surface area contributed by atoms with Gasteiger partial charge in [0.25, 0.3) is 0 Å². The third-order valence-corrected chi connectivity index (χ3v) is 3.56. The van der Waals surface area contributed by atoms with E-state index >= 15 is 0 Å². The van der Waals surface area contributed by atoms with Crippen molar-refractivity contribution in [2.75, 3.05) is 5.43 Å².